The monoisotopic (exact) mass is 246 g/mol. The summed E-state index contributed by atoms with van der Waals surface area (Å²) >= 11 is 0. The van der Waals surface area contributed by atoms with Gasteiger partial charge in [0.15, 0.2) is 0 Å². The maximum atomic E-state index is 10.2. The highest BCUT2D eigenvalue weighted by atomic mass is 31.2. The van der Waals surface area contributed by atoms with Gasteiger partial charge in [0, 0.05) is 6.61 Å². The number of phosphoric ester groups is 1. The van der Waals surface area contributed by atoms with Gasteiger partial charge in [0.25, 0.3) is 0 Å². The second kappa shape index (κ2) is 6.51. The van der Waals surface area contributed by atoms with Crippen LogP contribution in [0.3, 0.4) is 0 Å². The second-order valence-electron chi connectivity index (χ2n) is 2.92. The molecule has 9 heteroatoms. The first-order valence-electron chi connectivity index (χ1n) is 4.13. The SMILES string of the molecule is O=P(O)(O)OC[C@@H](O)[C@@H](O)[C@H](O)CCO. The van der Waals surface area contributed by atoms with E-state index in [0.29, 0.717) is 0 Å². The summed E-state index contributed by atoms with van der Waals surface area (Å²) in [5.74, 6) is 0. The maximum Gasteiger partial charge on any atom is 0.469 e. The molecule has 0 fully saturated rings. The molecule has 15 heavy (non-hydrogen) atoms. The molecule has 0 aliphatic heterocycles. The Balaban J connectivity index is 3.98. The molecule has 0 heterocycles. The van der Waals surface area contributed by atoms with Crippen molar-refractivity contribution >= 4 is 7.82 Å². The number of hydrogen-bond acceptors (Lipinski definition) is 6. The first-order chi connectivity index (χ1) is 6.78. The topological polar surface area (TPSA) is 148 Å². The van der Waals surface area contributed by atoms with Gasteiger partial charge in [0.1, 0.15) is 12.2 Å². The number of rotatable bonds is 7. The highest BCUT2D eigenvalue weighted by Crippen LogP contribution is 2.35. The average molecular weight is 246 g/mol. The molecule has 0 aromatic carbocycles. The van der Waals surface area contributed by atoms with E-state index in [-0.39, 0.29) is 13.0 Å². The van der Waals surface area contributed by atoms with Crippen LogP contribution in [0.5, 0.6) is 0 Å². The van der Waals surface area contributed by atoms with Crippen molar-refractivity contribution < 1.29 is 39.3 Å². The van der Waals surface area contributed by atoms with Gasteiger partial charge >= 0.3 is 7.82 Å². The summed E-state index contributed by atoms with van der Waals surface area (Å²) < 4.78 is 14.2. The van der Waals surface area contributed by atoms with Gasteiger partial charge in [-0.15, -0.1) is 0 Å². The molecule has 8 nitrogen and oxygen atoms in total. The molecule has 0 saturated heterocycles. The normalized spacial score (nSPS) is 18.5. The average Bonchev–Trinajstić information content (AvgIpc) is 2.12. The molecule has 0 spiro atoms. The molecule has 0 aromatic heterocycles. The molecular formula is C6H15O8P. The van der Waals surface area contributed by atoms with E-state index in [1.54, 1.807) is 0 Å². The van der Waals surface area contributed by atoms with Crippen LogP contribution < -0.4 is 0 Å². The van der Waals surface area contributed by atoms with Gasteiger partial charge in [-0.05, 0) is 6.42 Å². The summed E-state index contributed by atoms with van der Waals surface area (Å²) in [7, 11) is -4.71. The van der Waals surface area contributed by atoms with Gasteiger partial charge in [-0.3, -0.25) is 4.52 Å². The summed E-state index contributed by atoms with van der Waals surface area (Å²) in [5, 5.41) is 35.8. The van der Waals surface area contributed by atoms with Crippen molar-refractivity contribution in [2.75, 3.05) is 13.2 Å². The van der Waals surface area contributed by atoms with Crippen molar-refractivity contribution in [3.8, 4) is 0 Å². The first-order valence-corrected chi connectivity index (χ1v) is 5.66. The fourth-order valence-electron chi connectivity index (χ4n) is 0.832. The first kappa shape index (κ1) is 14.9. The lowest BCUT2D eigenvalue weighted by Crippen LogP contribution is -2.40. The molecular weight excluding hydrogens is 231 g/mol. The Bertz CT molecular complexity index is 215. The molecule has 0 radical (unpaired) electrons. The predicted octanol–water partition coefficient (Wildman–Crippen LogP) is -2.44. The van der Waals surface area contributed by atoms with Gasteiger partial charge in [0.05, 0.1) is 12.7 Å². The van der Waals surface area contributed by atoms with Crippen LogP contribution >= 0.6 is 7.82 Å². The van der Waals surface area contributed by atoms with E-state index < -0.39 is 32.7 Å². The Kier molecular flexibility index (Phi) is 6.49. The van der Waals surface area contributed by atoms with Crippen molar-refractivity contribution in [3.63, 3.8) is 0 Å². The third kappa shape index (κ3) is 6.93. The van der Waals surface area contributed by atoms with Crippen molar-refractivity contribution in [3.05, 3.63) is 0 Å². The minimum Gasteiger partial charge on any atom is -0.396 e. The molecule has 0 aromatic rings. The summed E-state index contributed by atoms with van der Waals surface area (Å²) in [6.07, 6.45) is -4.82. The molecule has 3 atom stereocenters. The van der Waals surface area contributed by atoms with E-state index in [0.717, 1.165) is 0 Å². The van der Waals surface area contributed by atoms with E-state index in [4.69, 9.17) is 25.1 Å². The predicted molar refractivity (Wildman–Crippen MR) is 47.7 cm³/mol. The minimum absolute atomic E-state index is 0.159. The number of phosphoric acid groups is 1. The summed E-state index contributed by atoms with van der Waals surface area (Å²) in [6.45, 7) is -1.20. The quantitative estimate of drug-likeness (QED) is 0.271. The lowest BCUT2D eigenvalue weighted by Gasteiger charge is -2.22. The van der Waals surface area contributed by atoms with Crippen LogP contribution in [0.25, 0.3) is 0 Å². The van der Waals surface area contributed by atoms with Gasteiger partial charge < -0.3 is 30.2 Å². The second-order valence-corrected chi connectivity index (χ2v) is 4.16. The lowest BCUT2D eigenvalue weighted by molar-refractivity contribution is -0.0804. The maximum absolute atomic E-state index is 10.2. The van der Waals surface area contributed by atoms with Crippen LogP contribution in [0.2, 0.25) is 0 Å². The van der Waals surface area contributed by atoms with Crippen LogP contribution in [0, 0.1) is 0 Å². The third-order valence-corrected chi connectivity index (χ3v) is 2.11. The Morgan fingerprint density at radius 1 is 1.13 bits per heavy atom. The van der Waals surface area contributed by atoms with Crippen LogP contribution in [0.4, 0.5) is 0 Å². The molecule has 92 valence electrons. The highest BCUT2D eigenvalue weighted by Gasteiger charge is 2.27. The molecule has 0 bridgehead atoms. The Morgan fingerprint density at radius 2 is 1.67 bits per heavy atom. The Labute approximate surface area is 86.0 Å². The van der Waals surface area contributed by atoms with Crippen molar-refractivity contribution in [1.82, 2.24) is 0 Å². The molecule has 0 aliphatic carbocycles. The highest BCUT2D eigenvalue weighted by molar-refractivity contribution is 7.46. The molecule has 0 unspecified atom stereocenters. The summed E-state index contributed by atoms with van der Waals surface area (Å²) in [5.41, 5.74) is 0. The third-order valence-electron chi connectivity index (χ3n) is 1.63. The molecule has 6 N–H and O–H groups in total. The van der Waals surface area contributed by atoms with Crippen LogP contribution in [0.1, 0.15) is 6.42 Å². The van der Waals surface area contributed by atoms with E-state index >= 15 is 0 Å². The van der Waals surface area contributed by atoms with Gasteiger partial charge in [-0.25, -0.2) is 4.57 Å². The number of aliphatic hydroxyl groups is 4. The van der Waals surface area contributed by atoms with Crippen LogP contribution in [-0.2, 0) is 9.09 Å². The van der Waals surface area contributed by atoms with E-state index in [1.165, 1.54) is 0 Å². The molecule has 0 rings (SSSR count). The van der Waals surface area contributed by atoms with Crippen LogP contribution in [0.15, 0.2) is 0 Å². The molecule has 0 saturated carbocycles. The zero-order valence-electron chi connectivity index (χ0n) is 7.80. The van der Waals surface area contributed by atoms with E-state index in [1.807, 2.05) is 0 Å². The lowest BCUT2D eigenvalue weighted by atomic mass is 10.1. The van der Waals surface area contributed by atoms with E-state index in [9.17, 15) is 9.67 Å². The standard InChI is InChI=1S/C6H15O8P/c7-2-1-4(8)6(10)5(9)3-14-15(11,12)13/h4-10H,1-3H2,(H2,11,12,13)/t4-,5-,6+/m1/s1. The van der Waals surface area contributed by atoms with Crippen molar-refractivity contribution in [2.45, 2.75) is 24.7 Å². The fraction of sp³-hybridized carbons (Fsp3) is 1.00. The minimum atomic E-state index is -4.71. The Morgan fingerprint density at radius 3 is 2.07 bits per heavy atom. The summed E-state index contributed by atoms with van der Waals surface area (Å²) in [4.78, 5) is 16.6. The van der Waals surface area contributed by atoms with Crippen LogP contribution in [-0.4, -0.2) is 61.7 Å². The van der Waals surface area contributed by atoms with Crippen molar-refractivity contribution in [2.24, 2.45) is 0 Å². The number of hydrogen-bond donors (Lipinski definition) is 6. The summed E-state index contributed by atoms with van der Waals surface area (Å²) in [6, 6.07) is 0. The van der Waals surface area contributed by atoms with E-state index in [2.05, 4.69) is 4.52 Å². The van der Waals surface area contributed by atoms with Gasteiger partial charge in [-0.1, -0.05) is 0 Å². The van der Waals surface area contributed by atoms with Crippen molar-refractivity contribution in [1.29, 1.82) is 0 Å². The van der Waals surface area contributed by atoms with Gasteiger partial charge in [0.2, 0.25) is 0 Å². The Hall–Kier alpha value is -0.0500. The smallest absolute Gasteiger partial charge is 0.396 e. The number of aliphatic hydroxyl groups excluding tert-OH is 4. The van der Waals surface area contributed by atoms with Gasteiger partial charge in [-0.2, -0.15) is 0 Å². The molecule has 0 aliphatic rings. The fourth-order valence-corrected chi connectivity index (χ4v) is 1.18. The molecule has 0 amide bonds. The largest absolute Gasteiger partial charge is 0.469 e. The zero-order valence-corrected chi connectivity index (χ0v) is 8.69. The zero-order chi connectivity index (χ0) is 12.1.